The van der Waals surface area contributed by atoms with Gasteiger partial charge in [-0.3, -0.25) is 9.59 Å². The summed E-state index contributed by atoms with van der Waals surface area (Å²) in [6, 6.07) is 8.60. The summed E-state index contributed by atoms with van der Waals surface area (Å²) in [6.45, 7) is 0.416. The number of hydrogen-bond acceptors (Lipinski definition) is 3. The third-order valence-corrected chi connectivity index (χ3v) is 7.60. The summed E-state index contributed by atoms with van der Waals surface area (Å²) in [5.74, 6) is -1.03. The Morgan fingerprint density at radius 1 is 1.09 bits per heavy atom. The number of rotatable bonds is 6. The molecular formula is C25H24F3N3O3. The number of hydrogen-bond donors (Lipinski definition) is 2. The summed E-state index contributed by atoms with van der Waals surface area (Å²) in [4.78, 5) is 24.8. The number of nitrogens with zero attached hydrogens (tertiary/aromatic N) is 2. The van der Waals surface area contributed by atoms with Crippen molar-refractivity contribution in [2.75, 3.05) is 6.54 Å². The standard InChI is InChI=1S/C25H24F3N3O3/c26-25(27,28)18-5-3-16(4-6-18)12-17-2-1-11-31-20(17)19(13-30-31)21(32)29-15-23-7-9-24(14-23,10-8-23)22(33)34/h1-6,11,13H,7-10,12,14-15H2,(H,29,32)(H,33,34). The lowest BCUT2D eigenvalue weighted by molar-refractivity contribution is -0.148. The van der Waals surface area contributed by atoms with E-state index in [1.54, 1.807) is 16.8 Å². The van der Waals surface area contributed by atoms with E-state index in [0.717, 1.165) is 30.5 Å². The number of benzene rings is 1. The topological polar surface area (TPSA) is 83.7 Å². The Hall–Kier alpha value is -3.36. The number of carboxylic acids is 1. The van der Waals surface area contributed by atoms with Crippen LogP contribution in [0, 0.1) is 10.8 Å². The quantitative estimate of drug-likeness (QED) is 0.546. The highest BCUT2D eigenvalue weighted by Gasteiger charge is 2.58. The van der Waals surface area contributed by atoms with E-state index < -0.39 is 23.1 Å². The Balaban J connectivity index is 1.35. The zero-order valence-corrected chi connectivity index (χ0v) is 18.4. The molecule has 0 unspecified atom stereocenters. The number of fused-ring (bicyclic) bond motifs is 3. The van der Waals surface area contributed by atoms with E-state index in [-0.39, 0.29) is 11.3 Å². The molecule has 34 heavy (non-hydrogen) atoms. The smallest absolute Gasteiger partial charge is 0.416 e. The van der Waals surface area contributed by atoms with Crippen molar-refractivity contribution in [3.8, 4) is 0 Å². The molecule has 2 aliphatic carbocycles. The minimum absolute atomic E-state index is 0.180. The molecule has 0 aliphatic heterocycles. The predicted molar refractivity (Wildman–Crippen MR) is 117 cm³/mol. The molecule has 178 valence electrons. The molecular weight excluding hydrogens is 447 g/mol. The lowest BCUT2D eigenvalue weighted by Crippen LogP contribution is -2.35. The Morgan fingerprint density at radius 3 is 2.41 bits per heavy atom. The molecule has 0 radical (unpaired) electrons. The van der Waals surface area contributed by atoms with Crippen LogP contribution in [-0.2, 0) is 17.4 Å². The summed E-state index contributed by atoms with van der Waals surface area (Å²) in [6.07, 6.45) is 2.61. The largest absolute Gasteiger partial charge is 0.481 e. The molecule has 1 aromatic carbocycles. The predicted octanol–water partition coefficient (Wildman–Crippen LogP) is 4.71. The number of pyridine rings is 1. The van der Waals surface area contributed by atoms with E-state index in [0.29, 0.717) is 48.9 Å². The van der Waals surface area contributed by atoms with E-state index in [1.165, 1.54) is 18.3 Å². The van der Waals surface area contributed by atoms with E-state index in [1.807, 2.05) is 6.07 Å². The molecule has 5 rings (SSSR count). The zero-order valence-electron chi connectivity index (χ0n) is 18.4. The summed E-state index contributed by atoms with van der Waals surface area (Å²) in [5, 5.41) is 16.9. The fourth-order valence-corrected chi connectivity index (χ4v) is 5.68. The van der Waals surface area contributed by atoms with E-state index >= 15 is 0 Å². The zero-order chi connectivity index (χ0) is 24.1. The normalized spacial score (nSPS) is 24.0. The highest BCUT2D eigenvalue weighted by atomic mass is 19.4. The van der Waals surface area contributed by atoms with Crippen molar-refractivity contribution >= 4 is 17.4 Å². The van der Waals surface area contributed by atoms with Gasteiger partial charge in [-0.05, 0) is 73.3 Å². The van der Waals surface area contributed by atoms with Gasteiger partial charge >= 0.3 is 12.1 Å². The van der Waals surface area contributed by atoms with Crippen molar-refractivity contribution in [3.05, 3.63) is 71.0 Å². The van der Waals surface area contributed by atoms with Crippen LogP contribution in [0.15, 0.2) is 48.8 Å². The average molecular weight is 471 g/mol. The summed E-state index contributed by atoms with van der Waals surface area (Å²) in [7, 11) is 0. The van der Waals surface area contributed by atoms with E-state index in [4.69, 9.17) is 0 Å². The number of alkyl halides is 3. The molecule has 2 fully saturated rings. The maximum absolute atomic E-state index is 13.1. The monoisotopic (exact) mass is 471 g/mol. The summed E-state index contributed by atoms with van der Waals surface area (Å²) >= 11 is 0. The third-order valence-electron chi connectivity index (χ3n) is 7.60. The van der Waals surface area contributed by atoms with Crippen molar-refractivity contribution in [3.63, 3.8) is 0 Å². The number of amides is 1. The van der Waals surface area contributed by atoms with Crippen LogP contribution in [0.4, 0.5) is 13.2 Å². The molecule has 2 aliphatic rings. The van der Waals surface area contributed by atoms with Gasteiger partial charge in [-0.1, -0.05) is 18.2 Å². The Bertz CT molecular complexity index is 1260. The van der Waals surface area contributed by atoms with E-state index in [2.05, 4.69) is 10.4 Å². The molecule has 0 saturated heterocycles. The van der Waals surface area contributed by atoms with Gasteiger partial charge in [0.05, 0.1) is 28.3 Å². The van der Waals surface area contributed by atoms with Gasteiger partial charge in [0.15, 0.2) is 0 Å². The number of carbonyl (C=O) groups excluding carboxylic acids is 1. The Kier molecular flexibility index (Phi) is 5.18. The van der Waals surface area contributed by atoms with Crippen molar-refractivity contribution in [1.82, 2.24) is 14.9 Å². The second-order valence-electron chi connectivity index (χ2n) is 9.70. The van der Waals surface area contributed by atoms with Gasteiger partial charge in [0, 0.05) is 12.7 Å². The van der Waals surface area contributed by atoms with Crippen molar-refractivity contribution in [2.24, 2.45) is 10.8 Å². The maximum Gasteiger partial charge on any atom is 0.416 e. The van der Waals surface area contributed by atoms with Crippen LogP contribution in [0.5, 0.6) is 0 Å². The summed E-state index contributed by atoms with van der Waals surface area (Å²) < 4.78 is 40.2. The van der Waals surface area contributed by atoms with Gasteiger partial charge in [0.25, 0.3) is 5.91 Å². The van der Waals surface area contributed by atoms with Crippen LogP contribution >= 0.6 is 0 Å². The molecule has 2 bridgehead atoms. The minimum atomic E-state index is -4.39. The van der Waals surface area contributed by atoms with Gasteiger partial charge in [-0.2, -0.15) is 18.3 Å². The first-order chi connectivity index (χ1) is 16.1. The number of carbonyl (C=O) groups is 2. The molecule has 6 nitrogen and oxygen atoms in total. The highest BCUT2D eigenvalue weighted by molar-refractivity contribution is 6.01. The van der Waals surface area contributed by atoms with Crippen LogP contribution < -0.4 is 5.32 Å². The molecule has 3 aromatic rings. The first-order valence-corrected chi connectivity index (χ1v) is 11.2. The second-order valence-corrected chi connectivity index (χ2v) is 9.70. The van der Waals surface area contributed by atoms with Gasteiger partial charge < -0.3 is 10.4 Å². The molecule has 0 spiro atoms. The molecule has 9 heteroatoms. The molecule has 2 N–H and O–H groups in total. The van der Waals surface area contributed by atoms with Crippen LogP contribution in [0.1, 0.15) is 59.2 Å². The maximum atomic E-state index is 13.1. The van der Waals surface area contributed by atoms with Crippen LogP contribution in [0.2, 0.25) is 0 Å². The average Bonchev–Trinajstić information content (AvgIpc) is 3.51. The number of halogens is 3. The molecule has 2 aromatic heterocycles. The Morgan fingerprint density at radius 2 is 1.79 bits per heavy atom. The highest BCUT2D eigenvalue weighted by Crippen LogP contribution is 2.61. The second kappa shape index (κ2) is 7.85. The van der Waals surface area contributed by atoms with Crippen molar-refractivity contribution in [1.29, 1.82) is 0 Å². The SMILES string of the molecule is O=C(NCC12CCC(C(=O)O)(CC1)C2)c1cnn2cccc(Cc3ccc(C(F)(F)F)cc3)c12. The first-order valence-electron chi connectivity index (χ1n) is 11.2. The summed E-state index contributed by atoms with van der Waals surface area (Å²) in [5.41, 5.74) is 0.923. The van der Waals surface area contributed by atoms with Crippen molar-refractivity contribution in [2.45, 2.75) is 44.7 Å². The van der Waals surface area contributed by atoms with Crippen LogP contribution in [0.3, 0.4) is 0 Å². The molecule has 2 saturated carbocycles. The minimum Gasteiger partial charge on any atom is -0.481 e. The lowest BCUT2D eigenvalue weighted by Gasteiger charge is -2.26. The van der Waals surface area contributed by atoms with Gasteiger partial charge in [-0.15, -0.1) is 0 Å². The van der Waals surface area contributed by atoms with Gasteiger partial charge in [0.2, 0.25) is 0 Å². The van der Waals surface area contributed by atoms with Crippen molar-refractivity contribution < 1.29 is 27.9 Å². The Labute approximate surface area is 193 Å². The number of aliphatic carboxylic acids is 1. The van der Waals surface area contributed by atoms with Gasteiger partial charge in [0.1, 0.15) is 0 Å². The first kappa shape index (κ1) is 22.4. The number of aromatic nitrogens is 2. The lowest BCUT2D eigenvalue weighted by atomic mass is 9.82. The fourth-order valence-electron chi connectivity index (χ4n) is 5.68. The van der Waals surface area contributed by atoms with Crippen LogP contribution in [-0.4, -0.2) is 33.1 Å². The molecule has 1 amide bonds. The number of nitrogens with one attached hydrogen (secondary N) is 1. The molecule has 2 heterocycles. The third kappa shape index (κ3) is 3.82. The van der Waals surface area contributed by atoms with E-state index in [9.17, 15) is 27.9 Å². The fraction of sp³-hybridized carbons (Fsp3) is 0.400. The number of carboxylic acid groups (broad SMARTS) is 1. The molecule has 0 atom stereocenters. The van der Waals surface area contributed by atoms with Gasteiger partial charge in [-0.25, -0.2) is 4.52 Å². The van der Waals surface area contributed by atoms with Crippen LogP contribution in [0.25, 0.3) is 5.52 Å².